The van der Waals surface area contributed by atoms with Crippen LogP contribution in [0.25, 0.3) is 0 Å². The van der Waals surface area contributed by atoms with Crippen LogP contribution in [0.2, 0.25) is 0 Å². The van der Waals surface area contributed by atoms with Crippen LogP contribution in [0.3, 0.4) is 0 Å². The zero-order valence-electron chi connectivity index (χ0n) is 6.22. The van der Waals surface area contributed by atoms with Gasteiger partial charge in [-0.1, -0.05) is 0 Å². The molecule has 1 unspecified atom stereocenters. The zero-order valence-corrected chi connectivity index (χ0v) is 6.22. The summed E-state index contributed by atoms with van der Waals surface area (Å²) in [6, 6.07) is 0. The van der Waals surface area contributed by atoms with Gasteiger partial charge in [0, 0.05) is 6.54 Å². The molecule has 0 radical (unpaired) electrons. The van der Waals surface area contributed by atoms with Gasteiger partial charge in [0.25, 0.3) is 0 Å². The van der Waals surface area contributed by atoms with Crippen molar-refractivity contribution in [1.82, 2.24) is 10.9 Å². The van der Waals surface area contributed by atoms with Gasteiger partial charge in [0.15, 0.2) is 0 Å². The molecule has 1 heterocycles. The molecule has 0 spiro atoms. The van der Waals surface area contributed by atoms with E-state index in [0.29, 0.717) is 6.54 Å². The van der Waals surface area contributed by atoms with E-state index in [4.69, 9.17) is 0 Å². The minimum atomic E-state index is -0.353. The summed E-state index contributed by atoms with van der Waals surface area (Å²) in [6.45, 7) is 0.494. The van der Waals surface area contributed by atoms with Crippen molar-refractivity contribution in [2.24, 2.45) is 5.92 Å². The first-order valence-corrected chi connectivity index (χ1v) is 3.33. The van der Waals surface area contributed by atoms with E-state index in [1.54, 1.807) is 0 Å². The first-order chi connectivity index (χ1) is 5.24. The van der Waals surface area contributed by atoms with Crippen LogP contribution in [0, 0.1) is 5.92 Å². The van der Waals surface area contributed by atoms with Crippen LogP contribution in [-0.4, -0.2) is 25.5 Å². The van der Waals surface area contributed by atoms with Crippen molar-refractivity contribution in [3.05, 3.63) is 0 Å². The molecule has 0 aliphatic carbocycles. The Balaban J connectivity index is 2.36. The standard InChI is InChI=1S/C6H10N2O3/c1-11-5(9)2-4-3-7-8-6(4)10/h4,7H,2-3H2,1H3,(H,8,10). The number of methoxy groups -OCH3 is 1. The lowest BCUT2D eigenvalue weighted by molar-refractivity contribution is -0.143. The van der Waals surface area contributed by atoms with Crippen molar-refractivity contribution in [1.29, 1.82) is 0 Å². The summed E-state index contributed by atoms with van der Waals surface area (Å²) < 4.78 is 4.41. The van der Waals surface area contributed by atoms with Crippen LogP contribution in [0.4, 0.5) is 0 Å². The normalized spacial score (nSPS) is 23.0. The third-order valence-electron chi connectivity index (χ3n) is 1.57. The minimum absolute atomic E-state index is 0.143. The molecule has 2 N–H and O–H groups in total. The molecule has 62 valence electrons. The van der Waals surface area contributed by atoms with E-state index in [0.717, 1.165) is 0 Å². The molecule has 1 rings (SSSR count). The highest BCUT2D eigenvalue weighted by Crippen LogP contribution is 2.06. The minimum Gasteiger partial charge on any atom is -0.469 e. The van der Waals surface area contributed by atoms with Gasteiger partial charge in [-0.25, -0.2) is 5.43 Å². The van der Waals surface area contributed by atoms with Gasteiger partial charge in [-0.3, -0.25) is 15.0 Å². The Kier molecular flexibility index (Phi) is 2.43. The van der Waals surface area contributed by atoms with Crippen molar-refractivity contribution in [3.8, 4) is 0 Å². The molecule has 11 heavy (non-hydrogen) atoms. The molecule has 0 aromatic carbocycles. The molecule has 5 nitrogen and oxygen atoms in total. The molecular formula is C6H10N2O3. The van der Waals surface area contributed by atoms with Crippen molar-refractivity contribution < 1.29 is 14.3 Å². The van der Waals surface area contributed by atoms with Crippen LogP contribution in [0.5, 0.6) is 0 Å². The number of carbonyl (C=O) groups is 2. The summed E-state index contributed by atoms with van der Waals surface area (Å²) in [7, 11) is 1.31. The number of ether oxygens (including phenoxy) is 1. The molecule has 5 heteroatoms. The Hall–Kier alpha value is -1.10. The van der Waals surface area contributed by atoms with Crippen LogP contribution in [0.1, 0.15) is 6.42 Å². The summed E-state index contributed by atoms with van der Waals surface area (Å²) in [5.74, 6) is -0.772. The highest BCUT2D eigenvalue weighted by molar-refractivity contribution is 5.84. The van der Waals surface area contributed by atoms with Crippen LogP contribution < -0.4 is 10.9 Å². The number of esters is 1. The second kappa shape index (κ2) is 3.34. The van der Waals surface area contributed by atoms with E-state index in [-0.39, 0.29) is 24.2 Å². The summed E-state index contributed by atoms with van der Waals surface area (Å²) >= 11 is 0. The third-order valence-corrected chi connectivity index (χ3v) is 1.57. The predicted molar refractivity (Wildman–Crippen MR) is 36.3 cm³/mol. The number of hydrazine groups is 1. The molecule has 1 atom stereocenters. The number of amides is 1. The highest BCUT2D eigenvalue weighted by Gasteiger charge is 2.26. The molecule has 0 aromatic heterocycles. The largest absolute Gasteiger partial charge is 0.469 e. The Morgan fingerprint density at radius 1 is 1.82 bits per heavy atom. The van der Waals surface area contributed by atoms with Crippen LogP contribution in [-0.2, 0) is 14.3 Å². The van der Waals surface area contributed by atoms with E-state index in [1.165, 1.54) is 7.11 Å². The first kappa shape index (κ1) is 8.00. The van der Waals surface area contributed by atoms with E-state index in [2.05, 4.69) is 15.6 Å². The van der Waals surface area contributed by atoms with Gasteiger partial charge in [-0.05, 0) is 0 Å². The SMILES string of the molecule is COC(=O)CC1CNNC1=O. The fourth-order valence-corrected chi connectivity index (χ4v) is 0.905. The van der Waals surface area contributed by atoms with Gasteiger partial charge >= 0.3 is 5.97 Å². The number of rotatable bonds is 2. The highest BCUT2D eigenvalue weighted by atomic mass is 16.5. The molecule has 1 amide bonds. The smallest absolute Gasteiger partial charge is 0.306 e. The van der Waals surface area contributed by atoms with Crippen molar-refractivity contribution in [2.75, 3.05) is 13.7 Å². The Labute approximate surface area is 64.1 Å². The van der Waals surface area contributed by atoms with Crippen LogP contribution >= 0.6 is 0 Å². The van der Waals surface area contributed by atoms with Gasteiger partial charge in [-0.2, -0.15) is 0 Å². The van der Waals surface area contributed by atoms with Gasteiger partial charge in [0.2, 0.25) is 5.91 Å². The molecule has 1 aliphatic heterocycles. The summed E-state index contributed by atoms with van der Waals surface area (Å²) in [4.78, 5) is 21.5. The lowest BCUT2D eigenvalue weighted by Gasteiger charge is -2.01. The maximum Gasteiger partial charge on any atom is 0.306 e. The summed E-state index contributed by atoms with van der Waals surface area (Å²) in [6.07, 6.45) is 0.148. The maximum absolute atomic E-state index is 10.8. The summed E-state index contributed by atoms with van der Waals surface area (Å²) in [5, 5.41) is 0. The fraction of sp³-hybridized carbons (Fsp3) is 0.667. The Morgan fingerprint density at radius 3 is 3.00 bits per heavy atom. The van der Waals surface area contributed by atoms with Crippen LogP contribution in [0.15, 0.2) is 0 Å². The molecule has 0 aromatic rings. The quantitative estimate of drug-likeness (QED) is 0.495. The van der Waals surface area contributed by atoms with E-state index < -0.39 is 0 Å². The monoisotopic (exact) mass is 158 g/mol. The maximum atomic E-state index is 10.8. The first-order valence-electron chi connectivity index (χ1n) is 3.33. The number of nitrogens with one attached hydrogen (secondary N) is 2. The van der Waals surface area contributed by atoms with Crippen molar-refractivity contribution >= 4 is 11.9 Å². The lowest BCUT2D eigenvalue weighted by atomic mass is 10.1. The third kappa shape index (κ3) is 1.91. The fourth-order valence-electron chi connectivity index (χ4n) is 0.905. The van der Waals surface area contributed by atoms with Gasteiger partial charge < -0.3 is 4.74 Å². The van der Waals surface area contributed by atoms with Gasteiger partial charge in [-0.15, -0.1) is 0 Å². The summed E-state index contributed by atoms with van der Waals surface area (Å²) in [5.41, 5.74) is 5.05. The number of carbonyl (C=O) groups excluding carboxylic acids is 2. The second-order valence-corrected chi connectivity index (χ2v) is 2.35. The van der Waals surface area contributed by atoms with Crippen molar-refractivity contribution in [2.45, 2.75) is 6.42 Å². The average molecular weight is 158 g/mol. The van der Waals surface area contributed by atoms with E-state index >= 15 is 0 Å². The Bertz CT molecular complexity index is 181. The van der Waals surface area contributed by atoms with E-state index in [9.17, 15) is 9.59 Å². The topological polar surface area (TPSA) is 67.4 Å². The average Bonchev–Trinajstić information content (AvgIpc) is 2.37. The molecule has 1 fully saturated rings. The molecule has 1 saturated heterocycles. The molecule has 1 aliphatic rings. The number of hydrogen-bond donors (Lipinski definition) is 2. The van der Waals surface area contributed by atoms with Gasteiger partial charge in [0.1, 0.15) is 0 Å². The predicted octanol–water partition coefficient (Wildman–Crippen LogP) is -1.20. The van der Waals surface area contributed by atoms with Crippen molar-refractivity contribution in [3.63, 3.8) is 0 Å². The lowest BCUT2D eigenvalue weighted by Crippen LogP contribution is -2.26. The molecular weight excluding hydrogens is 148 g/mol. The second-order valence-electron chi connectivity index (χ2n) is 2.35. The zero-order chi connectivity index (χ0) is 8.27. The van der Waals surface area contributed by atoms with Gasteiger partial charge in [0.05, 0.1) is 19.4 Å². The Morgan fingerprint density at radius 2 is 2.55 bits per heavy atom. The molecule has 0 saturated carbocycles. The number of hydrogen-bond acceptors (Lipinski definition) is 4. The molecule has 0 bridgehead atoms. The van der Waals surface area contributed by atoms with E-state index in [1.807, 2.05) is 0 Å².